The standard InChI is InChI=1S/C10H10N2O3/c1-2-6(10(13)14)9-12-8-7(15-9)4-3-5-11-8/h3-6H,2H2,1H3,(H,13,14). The molecule has 1 atom stereocenters. The third kappa shape index (κ3) is 1.68. The van der Waals surface area contributed by atoms with Crippen LogP contribution in [0.1, 0.15) is 25.2 Å². The molecule has 78 valence electrons. The second-order valence-corrected chi connectivity index (χ2v) is 3.18. The number of pyridine rings is 1. The van der Waals surface area contributed by atoms with Crippen LogP contribution in [-0.2, 0) is 4.79 Å². The summed E-state index contributed by atoms with van der Waals surface area (Å²) in [5, 5.41) is 8.93. The van der Waals surface area contributed by atoms with Gasteiger partial charge in [0.1, 0.15) is 5.92 Å². The lowest BCUT2D eigenvalue weighted by Gasteiger charge is -2.02. The van der Waals surface area contributed by atoms with Gasteiger partial charge in [-0.1, -0.05) is 6.92 Å². The molecule has 0 aliphatic heterocycles. The average Bonchev–Trinajstić information content (AvgIpc) is 2.61. The third-order valence-corrected chi connectivity index (χ3v) is 2.19. The summed E-state index contributed by atoms with van der Waals surface area (Å²) in [6.45, 7) is 1.78. The minimum absolute atomic E-state index is 0.221. The van der Waals surface area contributed by atoms with Crippen LogP contribution in [-0.4, -0.2) is 21.0 Å². The van der Waals surface area contributed by atoms with Gasteiger partial charge in [0.25, 0.3) is 0 Å². The number of rotatable bonds is 3. The molecule has 15 heavy (non-hydrogen) atoms. The van der Waals surface area contributed by atoms with Crippen molar-refractivity contribution in [3.8, 4) is 0 Å². The van der Waals surface area contributed by atoms with Crippen LogP contribution in [0.15, 0.2) is 22.7 Å². The Balaban J connectivity index is 2.47. The molecule has 0 saturated carbocycles. The molecular formula is C10H10N2O3. The molecule has 0 aliphatic carbocycles. The van der Waals surface area contributed by atoms with Crippen LogP contribution in [0.5, 0.6) is 0 Å². The first-order valence-corrected chi connectivity index (χ1v) is 4.66. The molecule has 0 amide bonds. The number of carboxylic acids is 1. The fourth-order valence-corrected chi connectivity index (χ4v) is 1.39. The highest BCUT2D eigenvalue weighted by Crippen LogP contribution is 2.22. The van der Waals surface area contributed by atoms with E-state index < -0.39 is 11.9 Å². The van der Waals surface area contributed by atoms with Crippen LogP contribution < -0.4 is 0 Å². The first kappa shape index (κ1) is 9.64. The zero-order valence-electron chi connectivity index (χ0n) is 8.17. The molecule has 5 nitrogen and oxygen atoms in total. The van der Waals surface area contributed by atoms with E-state index in [1.54, 1.807) is 25.3 Å². The van der Waals surface area contributed by atoms with E-state index in [0.717, 1.165) is 0 Å². The van der Waals surface area contributed by atoms with Crippen molar-refractivity contribution in [2.24, 2.45) is 0 Å². The van der Waals surface area contributed by atoms with Crippen LogP contribution in [0.25, 0.3) is 11.2 Å². The molecule has 2 aromatic heterocycles. The van der Waals surface area contributed by atoms with E-state index in [1.807, 2.05) is 0 Å². The van der Waals surface area contributed by atoms with Crippen LogP contribution in [0.3, 0.4) is 0 Å². The second kappa shape index (κ2) is 3.68. The number of hydrogen-bond acceptors (Lipinski definition) is 4. The van der Waals surface area contributed by atoms with Gasteiger partial charge in [0.2, 0.25) is 5.89 Å². The lowest BCUT2D eigenvalue weighted by Crippen LogP contribution is -2.10. The molecular weight excluding hydrogens is 196 g/mol. The van der Waals surface area contributed by atoms with E-state index in [0.29, 0.717) is 17.7 Å². The monoisotopic (exact) mass is 206 g/mol. The molecule has 5 heteroatoms. The lowest BCUT2D eigenvalue weighted by molar-refractivity contribution is -0.139. The SMILES string of the molecule is CCC(C(=O)O)c1nc2ncccc2o1. The molecule has 0 saturated heterocycles. The van der Waals surface area contributed by atoms with Gasteiger partial charge >= 0.3 is 5.97 Å². The Hall–Kier alpha value is -1.91. The maximum atomic E-state index is 10.9. The molecule has 0 spiro atoms. The minimum atomic E-state index is -0.927. The zero-order valence-corrected chi connectivity index (χ0v) is 8.17. The Morgan fingerprint density at radius 2 is 2.47 bits per heavy atom. The Bertz CT molecular complexity index is 459. The number of hydrogen-bond donors (Lipinski definition) is 1. The summed E-state index contributed by atoms with van der Waals surface area (Å²) < 4.78 is 5.33. The maximum absolute atomic E-state index is 10.9. The van der Waals surface area contributed by atoms with Gasteiger partial charge in [-0.25, -0.2) is 4.98 Å². The summed E-state index contributed by atoms with van der Waals surface area (Å²) in [6.07, 6.45) is 2.04. The molecule has 0 radical (unpaired) electrons. The van der Waals surface area contributed by atoms with Crippen molar-refractivity contribution in [1.82, 2.24) is 9.97 Å². The van der Waals surface area contributed by atoms with E-state index in [1.165, 1.54) is 0 Å². The molecule has 2 aromatic rings. The van der Waals surface area contributed by atoms with Crippen LogP contribution in [0.4, 0.5) is 0 Å². The normalized spacial score (nSPS) is 12.9. The van der Waals surface area contributed by atoms with Crippen molar-refractivity contribution in [2.45, 2.75) is 19.3 Å². The quantitative estimate of drug-likeness (QED) is 0.828. The first-order chi connectivity index (χ1) is 7.22. The Labute approximate surface area is 85.8 Å². The number of carboxylic acid groups (broad SMARTS) is 1. The largest absolute Gasteiger partial charge is 0.481 e. The number of oxazole rings is 1. The van der Waals surface area contributed by atoms with Gasteiger partial charge in [0, 0.05) is 6.20 Å². The predicted molar refractivity (Wildman–Crippen MR) is 52.5 cm³/mol. The zero-order chi connectivity index (χ0) is 10.8. The van der Waals surface area contributed by atoms with Gasteiger partial charge in [-0.15, -0.1) is 0 Å². The highest BCUT2D eigenvalue weighted by Gasteiger charge is 2.23. The van der Waals surface area contributed by atoms with Crippen LogP contribution in [0.2, 0.25) is 0 Å². The highest BCUT2D eigenvalue weighted by atomic mass is 16.4. The topological polar surface area (TPSA) is 76.2 Å². The van der Waals surface area contributed by atoms with Gasteiger partial charge in [-0.2, -0.15) is 4.98 Å². The Morgan fingerprint density at radius 1 is 1.67 bits per heavy atom. The third-order valence-electron chi connectivity index (χ3n) is 2.19. The molecule has 2 heterocycles. The number of aromatic nitrogens is 2. The number of aliphatic carboxylic acids is 1. The van der Waals surface area contributed by atoms with Gasteiger partial charge in [0.15, 0.2) is 11.2 Å². The van der Waals surface area contributed by atoms with E-state index in [-0.39, 0.29) is 5.89 Å². The maximum Gasteiger partial charge on any atom is 0.315 e. The van der Waals surface area contributed by atoms with E-state index in [2.05, 4.69) is 9.97 Å². The van der Waals surface area contributed by atoms with E-state index in [4.69, 9.17) is 9.52 Å². The summed E-state index contributed by atoms with van der Waals surface area (Å²) in [7, 11) is 0. The van der Waals surface area contributed by atoms with E-state index in [9.17, 15) is 4.79 Å². The van der Waals surface area contributed by atoms with Gasteiger partial charge in [-0.3, -0.25) is 4.79 Å². The molecule has 0 bridgehead atoms. The summed E-state index contributed by atoms with van der Waals surface area (Å²) in [5.41, 5.74) is 0.972. The minimum Gasteiger partial charge on any atom is -0.481 e. The van der Waals surface area contributed by atoms with Crippen LogP contribution >= 0.6 is 0 Å². The number of carbonyl (C=O) groups is 1. The number of nitrogens with zero attached hydrogens (tertiary/aromatic N) is 2. The molecule has 0 aromatic carbocycles. The fourth-order valence-electron chi connectivity index (χ4n) is 1.39. The highest BCUT2D eigenvalue weighted by molar-refractivity contribution is 5.76. The van der Waals surface area contributed by atoms with Crippen molar-refractivity contribution in [3.63, 3.8) is 0 Å². The molecule has 0 fully saturated rings. The van der Waals surface area contributed by atoms with Crippen molar-refractivity contribution < 1.29 is 14.3 Å². The molecule has 2 rings (SSSR count). The summed E-state index contributed by atoms with van der Waals surface area (Å²) in [4.78, 5) is 18.9. The smallest absolute Gasteiger partial charge is 0.315 e. The van der Waals surface area contributed by atoms with Crippen molar-refractivity contribution in [1.29, 1.82) is 0 Å². The van der Waals surface area contributed by atoms with Crippen molar-refractivity contribution in [2.75, 3.05) is 0 Å². The summed E-state index contributed by atoms with van der Waals surface area (Å²) >= 11 is 0. The van der Waals surface area contributed by atoms with Crippen molar-refractivity contribution in [3.05, 3.63) is 24.2 Å². The Kier molecular flexibility index (Phi) is 2.37. The van der Waals surface area contributed by atoms with Gasteiger partial charge in [0.05, 0.1) is 0 Å². The Morgan fingerprint density at radius 3 is 3.07 bits per heavy atom. The summed E-state index contributed by atoms with van der Waals surface area (Å²) in [5.74, 6) is -1.40. The van der Waals surface area contributed by atoms with Gasteiger partial charge in [-0.05, 0) is 18.6 Å². The first-order valence-electron chi connectivity index (χ1n) is 4.66. The molecule has 1 N–H and O–H groups in total. The molecule has 0 aliphatic rings. The fraction of sp³-hybridized carbons (Fsp3) is 0.300. The average molecular weight is 206 g/mol. The number of fused-ring (bicyclic) bond motifs is 1. The predicted octanol–water partition coefficient (Wildman–Crippen LogP) is 1.80. The van der Waals surface area contributed by atoms with E-state index >= 15 is 0 Å². The summed E-state index contributed by atoms with van der Waals surface area (Å²) in [6, 6.07) is 3.44. The van der Waals surface area contributed by atoms with Crippen molar-refractivity contribution >= 4 is 17.2 Å². The van der Waals surface area contributed by atoms with Gasteiger partial charge < -0.3 is 9.52 Å². The molecule has 1 unspecified atom stereocenters. The lowest BCUT2D eigenvalue weighted by atomic mass is 10.1. The van der Waals surface area contributed by atoms with Crippen LogP contribution in [0, 0.1) is 0 Å². The second-order valence-electron chi connectivity index (χ2n) is 3.18.